The Morgan fingerprint density at radius 2 is 2.15 bits per heavy atom. The Hall–Kier alpha value is -2.90. The number of nitro benzene ring substituents is 1. The number of ether oxygens (including phenoxy) is 1. The van der Waals surface area contributed by atoms with E-state index in [1.165, 1.54) is 6.07 Å². The molecule has 2 aromatic rings. The van der Waals surface area contributed by atoms with Gasteiger partial charge < -0.3 is 14.1 Å². The van der Waals surface area contributed by atoms with Gasteiger partial charge >= 0.3 is 5.69 Å². The van der Waals surface area contributed by atoms with Crippen LogP contribution in [0.2, 0.25) is 0 Å². The van der Waals surface area contributed by atoms with Gasteiger partial charge in [-0.1, -0.05) is 10.3 Å². The van der Waals surface area contributed by atoms with Crippen LogP contribution >= 0.6 is 0 Å². The van der Waals surface area contributed by atoms with Crippen LogP contribution in [0.25, 0.3) is 0 Å². The average Bonchev–Trinajstić information content (AvgIpc) is 3.30. The number of benzene rings is 1. The number of aryl methyl sites for hydroxylation is 2. The number of rotatable bonds is 9. The molecule has 0 atom stereocenters. The molecule has 8 heteroatoms. The quantitative estimate of drug-likeness (QED) is 0.383. The maximum absolute atomic E-state index is 11.3. The largest absolute Gasteiger partial charge is 0.487 e. The van der Waals surface area contributed by atoms with E-state index < -0.39 is 4.92 Å². The fraction of sp³-hybridized carbons (Fsp3) is 0.444. The Morgan fingerprint density at radius 3 is 2.85 bits per heavy atom. The predicted octanol–water partition coefficient (Wildman–Crippen LogP) is 3.81. The minimum absolute atomic E-state index is 0.0470. The van der Waals surface area contributed by atoms with E-state index in [0.717, 1.165) is 42.8 Å². The van der Waals surface area contributed by atoms with E-state index in [9.17, 15) is 10.1 Å². The van der Waals surface area contributed by atoms with Gasteiger partial charge in [0.2, 0.25) is 0 Å². The third-order valence-corrected chi connectivity index (χ3v) is 4.10. The second-order valence-electron chi connectivity index (χ2n) is 6.15. The molecule has 1 aromatic heterocycles. The maximum atomic E-state index is 11.3. The van der Waals surface area contributed by atoms with Crippen LogP contribution in [-0.2, 0) is 11.3 Å². The van der Waals surface area contributed by atoms with Crippen molar-refractivity contribution in [3.8, 4) is 5.75 Å². The smallest absolute Gasteiger partial charge is 0.311 e. The van der Waals surface area contributed by atoms with Gasteiger partial charge in [0, 0.05) is 30.5 Å². The van der Waals surface area contributed by atoms with Crippen molar-refractivity contribution in [2.24, 2.45) is 5.16 Å². The third-order valence-electron chi connectivity index (χ3n) is 4.10. The highest BCUT2D eigenvalue weighted by atomic mass is 16.6. The van der Waals surface area contributed by atoms with Gasteiger partial charge in [-0.3, -0.25) is 10.1 Å². The summed E-state index contributed by atoms with van der Waals surface area (Å²) in [5.74, 6) is 1.16. The van der Waals surface area contributed by atoms with Crippen LogP contribution < -0.4 is 4.74 Å². The Morgan fingerprint density at radius 1 is 1.27 bits per heavy atom. The van der Waals surface area contributed by atoms with Crippen LogP contribution in [0.4, 0.5) is 5.69 Å². The molecule has 138 valence electrons. The summed E-state index contributed by atoms with van der Waals surface area (Å²) in [6.45, 7) is 2.83. The molecule has 0 spiro atoms. The van der Waals surface area contributed by atoms with Crippen molar-refractivity contribution in [3.63, 3.8) is 0 Å². The highest BCUT2D eigenvalue weighted by Gasteiger charge is 2.19. The summed E-state index contributed by atoms with van der Waals surface area (Å²) >= 11 is 0. The van der Waals surface area contributed by atoms with Gasteiger partial charge in [-0.2, -0.15) is 0 Å². The van der Waals surface area contributed by atoms with Gasteiger partial charge in [0.25, 0.3) is 0 Å². The van der Waals surface area contributed by atoms with Crippen molar-refractivity contribution in [1.82, 2.24) is 5.16 Å². The van der Waals surface area contributed by atoms with Gasteiger partial charge in [0.15, 0.2) is 5.75 Å². The summed E-state index contributed by atoms with van der Waals surface area (Å²) < 4.78 is 10.8. The summed E-state index contributed by atoms with van der Waals surface area (Å²) in [6, 6.07) is 6.84. The van der Waals surface area contributed by atoms with E-state index >= 15 is 0 Å². The van der Waals surface area contributed by atoms with Crippen LogP contribution in [0, 0.1) is 17.0 Å². The van der Waals surface area contributed by atoms with E-state index in [-0.39, 0.29) is 11.4 Å². The summed E-state index contributed by atoms with van der Waals surface area (Å²) in [6.07, 6.45) is 4.20. The van der Waals surface area contributed by atoms with Crippen molar-refractivity contribution in [1.29, 1.82) is 0 Å². The Kier molecular flexibility index (Phi) is 5.83. The van der Waals surface area contributed by atoms with E-state index in [1.54, 1.807) is 12.1 Å². The molecule has 0 unspecified atom stereocenters. The first-order valence-corrected chi connectivity index (χ1v) is 8.66. The van der Waals surface area contributed by atoms with Crippen LogP contribution in [0.5, 0.6) is 5.75 Å². The SMILES string of the molecule is Cc1cc(CCCCCOc2ccc(C3=NOCC3)cc2[N+](=O)[O-])on1. The van der Waals surface area contributed by atoms with Gasteiger partial charge in [-0.15, -0.1) is 0 Å². The first kappa shape index (κ1) is 17.9. The average molecular weight is 359 g/mol. The zero-order valence-electron chi connectivity index (χ0n) is 14.6. The molecule has 1 aromatic carbocycles. The molecule has 1 aliphatic rings. The standard InChI is InChI=1S/C18H21N3O5/c1-13-11-15(26-19-13)5-3-2-4-9-24-18-7-6-14(12-17(18)21(22)23)16-8-10-25-20-16/h6-7,11-12H,2-5,8-10H2,1H3. The molecule has 2 heterocycles. The molecule has 26 heavy (non-hydrogen) atoms. The number of oxime groups is 1. The van der Waals surface area contributed by atoms with Gasteiger partial charge in [-0.05, 0) is 38.3 Å². The van der Waals surface area contributed by atoms with Crippen molar-refractivity contribution >= 4 is 11.4 Å². The molecule has 0 fully saturated rings. The number of hydrogen-bond donors (Lipinski definition) is 0. The van der Waals surface area contributed by atoms with E-state index in [2.05, 4.69) is 10.3 Å². The lowest BCUT2D eigenvalue weighted by molar-refractivity contribution is -0.385. The van der Waals surface area contributed by atoms with Gasteiger partial charge in [0.1, 0.15) is 12.4 Å². The van der Waals surface area contributed by atoms with Crippen LogP contribution in [0.1, 0.15) is 42.7 Å². The minimum atomic E-state index is -0.429. The highest BCUT2D eigenvalue weighted by molar-refractivity contribution is 6.01. The lowest BCUT2D eigenvalue weighted by atomic mass is 10.1. The fourth-order valence-corrected chi connectivity index (χ4v) is 2.76. The molecular weight excluding hydrogens is 338 g/mol. The Balaban J connectivity index is 1.48. The van der Waals surface area contributed by atoms with Crippen LogP contribution in [0.15, 0.2) is 33.9 Å². The molecule has 8 nitrogen and oxygen atoms in total. The fourth-order valence-electron chi connectivity index (χ4n) is 2.76. The first-order valence-electron chi connectivity index (χ1n) is 8.66. The normalized spacial score (nSPS) is 13.3. The Bertz CT molecular complexity index is 800. The second kappa shape index (κ2) is 8.46. The molecular formula is C18H21N3O5. The van der Waals surface area contributed by atoms with E-state index in [4.69, 9.17) is 14.1 Å². The van der Waals surface area contributed by atoms with Crippen LogP contribution in [0.3, 0.4) is 0 Å². The molecule has 0 amide bonds. The van der Waals surface area contributed by atoms with Crippen molar-refractivity contribution < 1.29 is 19.0 Å². The van der Waals surface area contributed by atoms with Crippen molar-refractivity contribution in [3.05, 3.63) is 51.4 Å². The van der Waals surface area contributed by atoms with Crippen LogP contribution in [-0.4, -0.2) is 29.0 Å². The van der Waals surface area contributed by atoms with Crippen molar-refractivity contribution in [2.75, 3.05) is 13.2 Å². The number of hydrogen-bond acceptors (Lipinski definition) is 7. The minimum Gasteiger partial charge on any atom is -0.487 e. The van der Waals surface area contributed by atoms with Gasteiger partial charge in [0.05, 0.1) is 22.9 Å². The zero-order valence-corrected chi connectivity index (χ0v) is 14.6. The summed E-state index contributed by atoms with van der Waals surface area (Å²) in [4.78, 5) is 15.8. The van der Waals surface area contributed by atoms with Gasteiger partial charge in [-0.25, -0.2) is 0 Å². The molecule has 1 aliphatic heterocycles. The predicted molar refractivity (Wildman–Crippen MR) is 94.5 cm³/mol. The topological polar surface area (TPSA) is 100.0 Å². The number of nitrogens with zero attached hydrogens (tertiary/aromatic N) is 3. The second-order valence-corrected chi connectivity index (χ2v) is 6.15. The molecule has 0 bridgehead atoms. The lowest BCUT2D eigenvalue weighted by Crippen LogP contribution is -2.03. The summed E-state index contributed by atoms with van der Waals surface area (Å²) in [7, 11) is 0. The summed E-state index contributed by atoms with van der Waals surface area (Å²) in [5, 5.41) is 19.1. The lowest BCUT2D eigenvalue weighted by Gasteiger charge is -2.08. The number of aromatic nitrogens is 1. The summed E-state index contributed by atoms with van der Waals surface area (Å²) in [5.41, 5.74) is 2.26. The molecule has 0 aliphatic carbocycles. The highest BCUT2D eigenvalue weighted by Crippen LogP contribution is 2.29. The Labute approximate surface area is 150 Å². The zero-order chi connectivity index (χ0) is 18.4. The molecule has 3 rings (SSSR count). The molecule has 0 N–H and O–H groups in total. The van der Waals surface area contributed by atoms with E-state index in [0.29, 0.717) is 25.2 Å². The van der Waals surface area contributed by atoms with E-state index in [1.807, 2.05) is 13.0 Å². The third kappa shape index (κ3) is 4.59. The monoisotopic (exact) mass is 359 g/mol. The molecule has 0 saturated heterocycles. The van der Waals surface area contributed by atoms with Crippen molar-refractivity contribution in [2.45, 2.75) is 39.0 Å². The number of unbranched alkanes of at least 4 members (excludes halogenated alkanes) is 2. The maximum Gasteiger partial charge on any atom is 0.311 e. The molecule has 0 radical (unpaired) electrons. The molecule has 0 saturated carbocycles. The first-order chi connectivity index (χ1) is 12.6. The number of nitro groups is 1.